The van der Waals surface area contributed by atoms with Crippen molar-refractivity contribution >= 4 is 0 Å². The van der Waals surface area contributed by atoms with E-state index in [2.05, 4.69) is 5.32 Å². The van der Waals surface area contributed by atoms with Gasteiger partial charge in [0.1, 0.15) is 17.3 Å². The average Bonchev–Trinajstić information content (AvgIpc) is 2.96. The second-order valence-electron chi connectivity index (χ2n) is 5.31. The standard InChI is InChI=1S/C17H22FNO2/c1-3-17(20,4-2)12-19-11-15-9-10-16(21-15)13-5-7-14(18)8-6-13/h5-10,19-20H,3-4,11-12H2,1-2H3. The lowest BCUT2D eigenvalue weighted by Gasteiger charge is -2.25. The Balaban J connectivity index is 1.93. The molecular formula is C17H22FNO2. The predicted molar refractivity (Wildman–Crippen MR) is 81.3 cm³/mol. The molecule has 0 aliphatic carbocycles. The van der Waals surface area contributed by atoms with E-state index in [9.17, 15) is 9.50 Å². The zero-order chi connectivity index (χ0) is 15.3. The lowest BCUT2D eigenvalue weighted by atomic mass is 9.98. The van der Waals surface area contributed by atoms with E-state index in [1.165, 1.54) is 12.1 Å². The molecule has 0 aliphatic rings. The van der Waals surface area contributed by atoms with Gasteiger partial charge in [0.15, 0.2) is 0 Å². The van der Waals surface area contributed by atoms with Crippen molar-refractivity contribution in [1.82, 2.24) is 5.32 Å². The number of furan rings is 1. The highest BCUT2D eigenvalue weighted by molar-refractivity contribution is 5.57. The Morgan fingerprint density at radius 1 is 1.10 bits per heavy atom. The fourth-order valence-electron chi connectivity index (χ4n) is 2.16. The summed E-state index contributed by atoms with van der Waals surface area (Å²) in [6, 6.07) is 9.98. The maximum atomic E-state index is 12.9. The van der Waals surface area contributed by atoms with Crippen molar-refractivity contribution < 1.29 is 13.9 Å². The summed E-state index contributed by atoms with van der Waals surface area (Å²) in [6.45, 7) is 5.05. The average molecular weight is 291 g/mol. The van der Waals surface area contributed by atoms with E-state index in [0.29, 0.717) is 18.8 Å². The minimum Gasteiger partial charge on any atom is -0.460 e. The molecule has 0 spiro atoms. The van der Waals surface area contributed by atoms with E-state index in [1.807, 2.05) is 26.0 Å². The molecule has 0 amide bonds. The van der Waals surface area contributed by atoms with Gasteiger partial charge in [0.25, 0.3) is 0 Å². The highest BCUT2D eigenvalue weighted by Crippen LogP contribution is 2.22. The fraction of sp³-hybridized carbons (Fsp3) is 0.412. The molecule has 0 radical (unpaired) electrons. The van der Waals surface area contributed by atoms with Crippen molar-refractivity contribution in [3.05, 3.63) is 48.0 Å². The second-order valence-corrected chi connectivity index (χ2v) is 5.31. The van der Waals surface area contributed by atoms with Crippen LogP contribution in [0.2, 0.25) is 0 Å². The van der Waals surface area contributed by atoms with Gasteiger partial charge < -0.3 is 14.8 Å². The molecule has 0 saturated heterocycles. The molecule has 2 rings (SSSR count). The number of hydrogen-bond donors (Lipinski definition) is 2. The number of hydrogen-bond acceptors (Lipinski definition) is 3. The van der Waals surface area contributed by atoms with Crippen molar-refractivity contribution in [2.24, 2.45) is 0 Å². The van der Waals surface area contributed by atoms with Gasteiger partial charge in [0, 0.05) is 12.1 Å². The van der Waals surface area contributed by atoms with Crippen molar-refractivity contribution in [2.45, 2.75) is 38.8 Å². The Kier molecular flexibility index (Phi) is 5.15. The van der Waals surface area contributed by atoms with Crippen LogP contribution in [0.25, 0.3) is 11.3 Å². The summed E-state index contributed by atoms with van der Waals surface area (Å²) >= 11 is 0. The molecule has 0 aliphatic heterocycles. The summed E-state index contributed by atoms with van der Waals surface area (Å²) in [5.74, 6) is 1.25. The molecule has 0 bridgehead atoms. The molecule has 0 atom stereocenters. The van der Waals surface area contributed by atoms with Gasteiger partial charge in [0.2, 0.25) is 0 Å². The largest absolute Gasteiger partial charge is 0.460 e. The first-order valence-corrected chi connectivity index (χ1v) is 7.34. The van der Waals surface area contributed by atoms with Crippen LogP contribution >= 0.6 is 0 Å². The number of nitrogens with one attached hydrogen (secondary N) is 1. The summed E-state index contributed by atoms with van der Waals surface area (Å²) in [5, 5.41) is 13.4. The second kappa shape index (κ2) is 6.87. The van der Waals surface area contributed by atoms with Gasteiger partial charge in [-0.25, -0.2) is 4.39 Å². The van der Waals surface area contributed by atoms with Crippen molar-refractivity contribution in [3.63, 3.8) is 0 Å². The van der Waals surface area contributed by atoms with Crippen molar-refractivity contribution in [3.8, 4) is 11.3 Å². The third kappa shape index (κ3) is 4.16. The molecule has 1 aromatic carbocycles. The first-order valence-electron chi connectivity index (χ1n) is 7.34. The van der Waals surface area contributed by atoms with Crippen LogP contribution in [-0.4, -0.2) is 17.3 Å². The number of halogens is 1. The lowest BCUT2D eigenvalue weighted by molar-refractivity contribution is 0.0319. The SMILES string of the molecule is CCC(O)(CC)CNCc1ccc(-c2ccc(F)cc2)o1. The van der Waals surface area contributed by atoms with Crippen LogP contribution in [0.1, 0.15) is 32.4 Å². The number of rotatable bonds is 7. The molecule has 0 fully saturated rings. The van der Waals surface area contributed by atoms with Gasteiger partial charge in [-0.15, -0.1) is 0 Å². The van der Waals surface area contributed by atoms with Crippen LogP contribution in [0.15, 0.2) is 40.8 Å². The molecule has 2 N–H and O–H groups in total. The smallest absolute Gasteiger partial charge is 0.134 e. The van der Waals surface area contributed by atoms with Crippen LogP contribution < -0.4 is 5.32 Å². The number of aliphatic hydroxyl groups is 1. The van der Waals surface area contributed by atoms with Crippen molar-refractivity contribution in [2.75, 3.05) is 6.54 Å². The Bertz CT molecular complexity index is 558. The van der Waals surface area contributed by atoms with Crippen molar-refractivity contribution in [1.29, 1.82) is 0 Å². The summed E-state index contributed by atoms with van der Waals surface area (Å²) in [6.07, 6.45) is 1.44. The summed E-state index contributed by atoms with van der Waals surface area (Å²) < 4.78 is 18.6. The predicted octanol–water partition coefficient (Wildman–Crippen LogP) is 3.73. The first kappa shape index (κ1) is 15.7. The van der Waals surface area contributed by atoms with E-state index < -0.39 is 5.60 Å². The molecule has 2 aromatic rings. The topological polar surface area (TPSA) is 45.4 Å². The Labute approximate surface area is 124 Å². The molecule has 114 valence electrons. The van der Waals surface area contributed by atoms with E-state index in [1.54, 1.807) is 12.1 Å². The maximum absolute atomic E-state index is 12.9. The van der Waals surface area contributed by atoms with Gasteiger partial charge in [0.05, 0.1) is 12.1 Å². The van der Waals surface area contributed by atoms with Crippen LogP contribution in [0.3, 0.4) is 0 Å². The molecule has 1 heterocycles. The molecule has 0 unspecified atom stereocenters. The zero-order valence-electron chi connectivity index (χ0n) is 12.5. The zero-order valence-corrected chi connectivity index (χ0v) is 12.5. The van der Waals surface area contributed by atoms with E-state index in [-0.39, 0.29) is 5.82 Å². The molecule has 21 heavy (non-hydrogen) atoms. The minimum atomic E-state index is -0.660. The van der Waals surface area contributed by atoms with E-state index >= 15 is 0 Å². The van der Waals surface area contributed by atoms with Crippen LogP contribution in [0, 0.1) is 5.82 Å². The van der Waals surface area contributed by atoms with Crippen LogP contribution in [-0.2, 0) is 6.54 Å². The first-order chi connectivity index (χ1) is 10.1. The van der Waals surface area contributed by atoms with Gasteiger partial charge in [-0.3, -0.25) is 0 Å². The summed E-state index contributed by atoms with van der Waals surface area (Å²) in [7, 11) is 0. The molecule has 1 aromatic heterocycles. The lowest BCUT2D eigenvalue weighted by Crippen LogP contribution is -2.39. The Hall–Kier alpha value is -1.65. The monoisotopic (exact) mass is 291 g/mol. The molecule has 0 saturated carbocycles. The van der Waals surface area contributed by atoms with Gasteiger partial charge in [-0.05, 0) is 49.2 Å². The Morgan fingerprint density at radius 3 is 2.38 bits per heavy atom. The van der Waals surface area contributed by atoms with Gasteiger partial charge >= 0.3 is 0 Å². The molecule has 4 heteroatoms. The summed E-state index contributed by atoms with van der Waals surface area (Å²) in [4.78, 5) is 0. The molecule has 3 nitrogen and oxygen atoms in total. The third-order valence-electron chi connectivity index (χ3n) is 3.86. The van der Waals surface area contributed by atoms with E-state index in [0.717, 1.165) is 24.2 Å². The van der Waals surface area contributed by atoms with Gasteiger partial charge in [-0.2, -0.15) is 0 Å². The van der Waals surface area contributed by atoms with Crippen LogP contribution in [0.4, 0.5) is 4.39 Å². The van der Waals surface area contributed by atoms with Gasteiger partial charge in [-0.1, -0.05) is 13.8 Å². The normalized spacial score (nSPS) is 11.8. The summed E-state index contributed by atoms with van der Waals surface area (Å²) in [5.41, 5.74) is 0.188. The maximum Gasteiger partial charge on any atom is 0.134 e. The quantitative estimate of drug-likeness (QED) is 0.817. The number of benzene rings is 1. The van der Waals surface area contributed by atoms with E-state index in [4.69, 9.17) is 4.42 Å². The highest BCUT2D eigenvalue weighted by Gasteiger charge is 2.21. The minimum absolute atomic E-state index is 0.259. The fourth-order valence-corrected chi connectivity index (χ4v) is 2.16. The highest BCUT2D eigenvalue weighted by atomic mass is 19.1. The van der Waals surface area contributed by atoms with Crippen LogP contribution in [0.5, 0.6) is 0 Å². The Morgan fingerprint density at radius 2 is 1.76 bits per heavy atom. The molecular weight excluding hydrogens is 269 g/mol. The third-order valence-corrected chi connectivity index (χ3v) is 3.86.